The summed E-state index contributed by atoms with van der Waals surface area (Å²) in [6, 6.07) is 7.96. The fraction of sp³-hybridized carbons (Fsp3) is 0.462. The molecule has 1 aromatic rings. The average molecular weight is 246 g/mol. The first-order valence-electron chi connectivity index (χ1n) is 6.20. The van der Waals surface area contributed by atoms with Crippen LogP contribution in [0.25, 0.3) is 0 Å². The number of ether oxygens (including phenoxy) is 1. The highest BCUT2D eigenvalue weighted by Gasteiger charge is 2.29. The zero-order valence-corrected chi connectivity index (χ0v) is 10.1. The van der Waals surface area contributed by atoms with Gasteiger partial charge in [-0.05, 0) is 12.1 Å². The highest BCUT2D eigenvalue weighted by molar-refractivity contribution is 5.59. The fourth-order valence-corrected chi connectivity index (χ4v) is 2.38. The third-order valence-corrected chi connectivity index (χ3v) is 3.43. The van der Waals surface area contributed by atoms with E-state index in [2.05, 4.69) is 15.1 Å². The van der Waals surface area contributed by atoms with Crippen molar-refractivity contribution in [1.82, 2.24) is 9.80 Å². The predicted octanol–water partition coefficient (Wildman–Crippen LogP) is 0.502. The van der Waals surface area contributed by atoms with Gasteiger partial charge in [0, 0.05) is 26.2 Å². The molecule has 5 nitrogen and oxygen atoms in total. The van der Waals surface area contributed by atoms with Crippen molar-refractivity contribution in [3.63, 3.8) is 0 Å². The number of hydrogen-bond donors (Lipinski definition) is 1. The van der Waals surface area contributed by atoms with E-state index >= 15 is 0 Å². The fourth-order valence-electron chi connectivity index (χ4n) is 2.38. The van der Waals surface area contributed by atoms with Gasteiger partial charge in [-0.3, -0.25) is 9.69 Å². The van der Waals surface area contributed by atoms with Gasteiger partial charge in [0.25, 0.3) is 0 Å². The summed E-state index contributed by atoms with van der Waals surface area (Å²) in [5, 5.41) is 3.36. The molecule has 0 amide bonds. The molecule has 0 spiro atoms. The van der Waals surface area contributed by atoms with Gasteiger partial charge in [0.15, 0.2) is 0 Å². The number of benzene rings is 1. The molecular formula is C13H16N3O2. The molecule has 1 fully saturated rings. The zero-order valence-electron chi connectivity index (χ0n) is 10.1. The van der Waals surface area contributed by atoms with Crippen LogP contribution in [-0.2, 0) is 4.79 Å². The third-order valence-electron chi connectivity index (χ3n) is 3.43. The largest absolute Gasteiger partial charge is 0.455 e. The number of hydrogen-bond acceptors (Lipinski definition) is 5. The van der Waals surface area contributed by atoms with Crippen molar-refractivity contribution in [1.29, 1.82) is 0 Å². The molecule has 1 N–H and O–H groups in total. The van der Waals surface area contributed by atoms with Crippen molar-refractivity contribution in [3.05, 3.63) is 24.3 Å². The van der Waals surface area contributed by atoms with Crippen LogP contribution in [0.4, 0.5) is 5.69 Å². The Morgan fingerprint density at radius 2 is 2.06 bits per heavy atom. The quantitative estimate of drug-likeness (QED) is 0.841. The lowest BCUT2D eigenvalue weighted by atomic mass is 10.3. The Balaban J connectivity index is 1.58. The first-order chi connectivity index (χ1) is 8.86. The highest BCUT2D eigenvalue weighted by atomic mass is 16.5. The number of fused-ring (bicyclic) bond motifs is 1. The number of piperazine rings is 1. The number of rotatable bonds is 3. The minimum Gasteiger partial charge on any atom is -0.455 e. The van der Waals surface area contributed by atoms with Crippen LogP contribution in [0.1, 0.15) is 0 Å². The van der Waals surface area contributed by atoms with Gasteiger partial charge in [-0.25, -0.2) is 4.90 Å². The van der Waals surface area contributed by atoms with Crippen LogP contribution >= 0.6 is 0 Å². The average Bonchev–Trinajstić information content (AvgIpc) is 2.84. The summed E-state index contributed by atoms with van der Waals surface area (Å²) in [7, 11) is 0. The van der Waals surface area contributed by atoms with Crippen LogP contribution in [0.2, 0.25) is 0 Å². The second-order valence-corrected chi connectivity index (χ2v) is 4.57. The molecule has 0 bridgehead atoms. The van der Waals surface area contributed by atoms with E-state index in [1.165, 1.54) is 0 Å². The van der Waals surface area contributed by atoms with Gasteiger partial charge < -0.3 is 10.1 Å². The van der Waals surface area contributed by atoms with Gasteiger partial charge in [0.05, 0.1) is 12.2 Å². The van der Waals surface area contributed by atoms with E-state index < -0.39 is 0 Å². The van der Waals surface area contributed by atoms with Gasteiger partial charge in [-0.1, -0.05) is 12.1 Å². The van der Waals surface area contributed by atoms with Crippen molar-refractivity contribution in [3.8, 4) is 5.75 Å². The highest BCUT2D eigenvalue weighted by Crippen LogP contribution is 2.32. The minimum atomic E-state index is -0.0789. The van der Waals surface area contributed by atoms with E-state index in [0.717, 1.165) is 37.6 Å². The van der Waals surface area contributed by atoms with Crippen LogP contribution in [0, 0.1) is 0 Å². The van der Waals surface area contributed by atoms with E-state index in [0.29, 0.717) is 6.54 Å². The lowest BCUT2D eigenvalue weighted by Crippen LogP contribution is -2.53. The maximum atomic E-state index is 10.3. The van der Waals surface area contributed by atoms with E-state index in [9.17, 15) is 4.79 Å². The standard InChI is InChI=1S/C13H16N3O2/c17-10-9-15-5-7-16(8-6-15)13-14-11-3-1-2-4-12(11)18-13/h1-4,13-14H,5-9H2. The molecule has 2 heterocycles. The second-order valence-electron chi connectivity index (χ2n) is 4.57. The molecule has 0 aliphatic carbocycles. The Morgan fingerprint density at radius 3 is 2.78 bits per heavy atom. The first-order valence-corrected chi connectivity index (χ1v) is 6.20. The van der Waals surface area contributed by atoms with Crippen LogP contribution < -0.4 is 10.1 Å². The normalized spacial score (nSPS) is 24.1. The molecule has 1 unspecified atom stereocenters. The van der Waals surface area contributed by atoms with Crippen LogP contribution in [0.3, 0.4) is 0 Å². The maximum Gasteiger partial charge on any atom is 0.230 e. The molecule has 2 aliphatic rings. The van der Waals surface area contributed by atoms with E-state index in [-0.39, 0.29) is 6.35 Å². The number of nitrogens with one attached hydrogen (secondary N) is 1. The van der Waals surface area contributed by atoms with Crippen molar-refractivity contribution in [2.24, 2.45) is 0 Å². The van der Waals surface area contributed by atoms with E-state index in [1.54, 1.807) is 0 Å². The summed E-state index contributed by atoms with van der Waals surface area (Å²) >= 11 is 0. The summed E-state index contributed by atoms with van der Waals surface area (Å²) in [4.78, 5) is 14.7. The van der Waals surface area contributed by atoms with E-state index in [4.69, 9.17) is 4.74 Å². The smallest absolute Gasteiger partial charge is 0.230 e. The predicted molar refractivity (Wildman–Crippen MR) is 68.2 cm³/mol. The lowest BCUT2D eigenvalue weighted by molar-refractivity contribution is 0.0222. The number of anilines is 1. The SMILES string of the molecule is O=[C]CN1CCN(C2Nc3ccccc3O2)CC1. The van der Waals surface area contributed by atoms with Crippen LogP contribution in [0.15, 0.2) is 24.3 Å². The molecule has 18 heavy (non-hydrogen) atoms. The van der Waals surface area contributed by atoms with Crippen LogP contribution in [0.5, 0.6) is 5.75 Å². The molecule has 0 saturated carbocycles. The Morgan fingerprint density at radius 1 is 1.28 bits per heavy atom. The molecule has 0 aromatic heterocycles. The molecule has 5 heteroatoms. The monoisotopic (exact) mass is 246 g/mol. The molecule has 2 aliphatic heterocycles. The topological polar surface area (TPSA) is 44.8 Å². The molecule has 1 radical (unpaired) electrons. The summed E-state index contributed by atoms with van der Waals surface area (Å²) in [6.45, 7) is 3.97. The van der Waals surface area contributed by atoms with Crippen molar-refractivity contribution in [2.75, 3.05) is 38.0 Å². The maximum absolute atomic E-state index is 10.3. The van der Waals surface area contributed by atoms with E-state index in [1.807, 2.05) is 30.6 Å². The Bertz CT molecular complexity index is 405. The summed E-state index contributed by atoms with van der Waals surface area (Å²) in [6.07, 6.45) is 1.87. The second kappa shape index (κ2) is 4.96. The third kappa shape index (κ3) is 2.19. The molecule has 1 atom stereocenters. The molecule has 95 valence electrons. The minimum absolute atomic E-state index is 0.0789. The van der Waals surface area contributed by atoms with Crippen LogP contribution in [-0.4, -0.2) is 55.2 Å². The lowest BCUT2D eigenvalue weighted by Gasteiger charge is -2.36. The summed E-state index contributed by atoms with van der Waals surface area (Å²) in [5.41, 5.74) is 1.05. The van der Waals surface area contributed by atoms with Gasteiger partial charge in [0.1, 0.15) is 5.75 Å². The van der Waals surface area contributed by atoms with Crippen molar-refractivity contribution < 1.29 is 9.53 Å². The van der Waals surface area contributed by atoms with Gasteiger partial charge in [0.2, 0.25) is 12.6 Å². The van der Waals surface area contributed by atoms with Gasteiger partial charge >= 0.3 is 0 Å². The van der Waals surface area contributed by atoms with Gasteiger partial charge in [-0.15, -0.1) is 0 Å². The molecule has 1 saturated heterocycles. The first kappa shape index (κ1) is 11.5. The van der Waals surface area contributed by atoms with Crippen molar-refractivity contribution in [2.45, 2.75) is 6.35 Å². The van der Waals surface area contributed by atoms with Gasteiger partial charge in [-0.2, -0.15) is 0 Å². The Kier molecular flexibility index (Phi) is 3.17. The zero-order chi connectivity index (χ0) is 12.4. The molecular weight excluding hydrogens is 230 g/mol. The van der Waals surface area contributed by atoms with Crippen molar-refractivity contribution >= 4 is 12.0 Å². The number of nitrogens with zero attached hydrogens (tertiary/aromatic N) is 2. The summed E-state index contributed by atoms with van der Waals surface area (Å²) < 4.78 is 5.86. The Labute approximate surface area is 106 Å². The molecule has 3 rings (SSSR count). The Hall–Kier alpha value is -1.59. The number of para-hydroxylation sites is 2. The number of carbonyl (C=O) groups excluding carboxylic acids is 1. The molecule has 1 aromatic carbocycles. The summed E-state index contributed by atoms with van der Waals surface area (Å²) in [5.74, 6) is 0.908.